The van der Waals surface area contributed by atoms with E-state index in [-0.39, 0.29) is 23.9 Å². The van der Waals surface area contributed by atoms with Gasteiger partial charge < -0.3 is 9.47 Å². The second kappa shape index (κ2) is 10.4. The molecule has 2 aromatic heterocycles. The fourth-order valence-electron chi connectivity index (χ4n) is 8.74. The molecule has 2 aliphatic carbocycles. The minimum absolute atomic E-state index is 0.105. The lowest BCUT2D eigenvalue weighted by atomic mass is 9.85. The first kappa shape index (κ1) is 27.3. The lowest BCUT2D eigenvalue weighted by molar-refractivity contribution is 0.715. The molecule has 0 N–H and O–H groups in total. The van der Waals surface area contributed by atoms with Gasteiger partial charge in [-0.3, -0.25) is 4.99 Å². The van der Waals surface area contributed by atoms with Crippen LogP contribution in [-0.2, 0) is 0 Å². The van der Waals surface area contributed by atoms with Gasteiger partial charge in [-0.2, -0.15) is 0 Å². The summed E-state index contributed by atoms with van der Waals surface area (Å²) in [5.74, 6) is 0.539. The molecule has 0 spiro atoms. The molecule has 232 valence electrons. The summed E-state index contributed by atoms with van der Waals surface area (Å²) in [7, 11) is 0. The van der Waals surface area contributed by atoms with Crippen LogP contribution in [0.1, 0.15) is 33.4 Å². The number of hydrogen-bond acceptors (Lipinski definition) is 3. The van der Waals surface area contributed by atoms with E-state index in [4.69, 9.17) is 4.99 Å². The van der Waals surface area contributed by atoms with E-state index in [1.807, 2.05) is 11.3 Å². The Bertz CT molecular complexity index is 2650. The number of hydrogen-bond donors (Lipinski definition) is 0. The van der Waals surface area contributed by atoms with Gasteiger partial charge in [0.2, 0.25) is 0 Å². The maximum absolute atomic E-state index is 5.50. The summed E-state index contributed by atoms with van der Waals surface area (Å²) >= 11 is 1.93. The quantitative estimate of drug-likeness (QED) is 0.187. The van der Waals surface area contributed by atoms with Gasteiger partial charge in [-0.1, -0.05) is 127 Å². The zero-order valence-corrected chi connectivity index (χ0v) is 27.5. The molecule has 0 radical (unpaired) electrons. The molecule has 4 heterocycles. The molecule has 4 unspecified atom stereocenters. The van der Waals surface area contributed by atoms with Crippen LogP contribution in [0.4, 0.5) is 11.4 Å². The van der Waals surface area contributed by atoms with Crippen molar-refractivity contribution in [3.63, 3.8) is 0 Å². The molecule has 0 fully saturated rings. The molecule has 0 saturated carbocycles. The van der Waals surface area contributed by atoms with Crippen LogP contribution in [-0.4, -0.2) is 22.4 Å². The molecule has 4 aliphatic rings. The summed E-state index contributed by atoms with van der Waals surface area (Å²) in [6.45, 7) is 0. The van der Waals surface area contributed by atoms with Crippen molar-refractivity contribution in [1.82, 2.24) is 4.57 Å². The Morgan fingerprint density at radius 3 is 2.27 bits per heavy atom. The summed E-state index contributed by atoms with van der Waals surface area (Å²) in [5.41, 5.74) is 11.1. The van der Waals surface area contributed by atoms with Crippen molar-refractivity contribution in [2.75, 3.05) is 4.90 Å². The Morgan fingerprint density at radius 2 is 1.35 bits per heavy atom. The van der Waals surface area contributed by atoms with Crippen LogP contribution in [0.2, 0.25) is 0 Å². The average Bonchev–Trinajstić information content (AvgIpc) is 3.83. The highest BCUT2D eigenvalue weighted by Crippen LogP contribution is 2.53. The van der Waals surface area contributed by atoms with E-state index < -0.39 is 0 Å². The van der Waals surface area contributed by atoms with Crippen molar-refractivity contribution >= 4 is 60.3 Å². The largest absolute Gasteiger partial charge is 0.332 e. The molecule has 4 atom stereocenters. The monoisotopic (exact) mass is 645 g/mol. The number of nitrogens with zero attached hydrogens (tertiary/aromatic N) is 3. The number of benzene rings is 5. The van der Waals surface area contributed by atoms with Crippen molar-refractivity contribution in [3.8, 4) is 5.69 Å². The standard InChI is InChI=1S/C45H31N3S/c1-2-14-29(15-3-1)47-38-22-9-5-17-31(38)33-25-26-34-32-18-6-10-23-39(32)48(44(34)43(33)47)30-16-12-13-28(27-30)42-41-36-20-7-11-24-40(36)49-45(41)35-19-4-8-21-37(35)46-42/h1-27,32,35,37,39H. The van der Waals surface area contributed by atoms with Gasteiger partial charge in [0, 0.05) is 60.1 Å². The molecule has 5 aromatic carbocycles. The third-order valence-electron chi connectivity index (χ3n) is 10.8. The van der Waals surface area contributed by atoms with Gasteiger partial charge in [0.25, 0.3) is 0 Å². The summed E-state index contributed by atoms with van der Waals surface area (Å²) in [6.07, 6.45) is 18.1. The number of aliphatic imine (C=N–C) groups is 1. The van der Waals surface area contributed by atoms with Crippen LogP contribution < -0.4 is 4.90 Å². The number of para-hydroxylation sites is 2. The lowest BCUT2D eigenvalue weighted by Gasteiger charge is -2.31. The molecule has 0 saturated heterocycles. The van der Waals surface area contributed by atoms with E-state index in [1.54, 1.807) is 0 Å². The van der Waals surface area contributed by atoms with Gasteiger partial charge in [-0.25, -0.2) is 0 Å². The molecule has 7 aromatic rings. The summed E-state index contributed by atoms with van der Waals surface area (Å²) < 4.78 is 3.80. The normalized spacial score (nSPS) is 21.6. The molecule has 0 bridgehead atoms. The van der Waals surface area contributed by atoms with Crippen LogP contribution in [0, 0.1) is 0 Å². The Morgan fingerprint density at radius 1 is 0.592 bits per heavy atom. The van der Waals surface area contributed by atoms with E-state index in [0.29, 0.717) is 0 Å². The smallest absolute Gasteiger partial charge is 0.0802 e. The first-order valence-electron chi connectivity index (χ1n) is 17.1. The van der Waals surface area contributed by atoms with Gasteiger partial charge >= 0.3 is 0 Å². The van der Waals surface area contributed by atoms with E-state index >= 15 is 0 Å². The topological polar surface area (TPSA) is 20.5 Å². The van der Waals surface area contributed by atoms with Gasteiger partial charge in [0.15, 0.2) is 0 Å². The van der Waals surface area contributed by atoms with E-state index in [0.717, 1.165) is 5.71 Å². The number of rotatable bonds is 3. The van der Waals surface area contributed by atoms with Crippen LogP contribution in [0.3, 0.4) is 0 Å². The van der Waals surface area contributed by atoms with Gasteiger partial charge in [-0.15, -0.1) is 11.3 Å². The number of allylic oxidation sites excluding steroid dienone is 4. The predicted octanol–water partition coefficient (Wildman–Crippen LogP) is 11.2. The first-order chi connectivity index (χ1) is 24.3. The third-order valence-corrected chi connectivity index (χ3v) is 12.1. The predicted molar refractivity (Wildman–Crippen MR) is 206 cm³/mol. The SMILES string of the molecule is C1=CC2N=C(c3cccc(N4c5c(ccc6c7ccccc7n(-c7ccccc7)c56)C5C=CC=CC54)c3)c3c(sc4ccccc34)C2C=C1. The first-order valence-corrected chi connectivity index (χ1v) is 18.0. The Hall–Kier alpha value is -5.71. The van der Waals surface area contributed by atoms with E-state index in [9.17, 15) is 0 Å². The molecule has 0 amide bonds. The third kappa shape index (κ3) is 3.86. The number of thiophene rings is 1. The highest BCUT2D eigenvalue weighted by Gasteiger charge is 2.40. The molecular weight excluding hydrogens is 615 g/mol. The summed E-state index contributed by atoms with van der Waals surface area (Å²) in [4.78, 5) is 9.52. The van der Waals surface area contributed by atoms with Gasteiger partial charge in [-0.05, 0) is 42.0 Å². The average molecular weight is 646 g/mol. The minimum Gasteiger partial charge on any atom is -0.332 e. The maximum Gasteiger partial charge on any atom is 0.0802 e. The van der Waals surface area contributed by atoms with Crippen LogP contribution in [0.5, 0.6) is 0 Å². The van der Waals surface area contributed by atoms with Crippen molar-refractivity contribution in [1.29, 1.82) is 0 Å². The van der Waals surface area contributed by atoms with Crippen molar-refractivity contribution in [2.45, 2.75) is 23.9 Å². The van der Waals surface area contributed by atoms with Crippen molar-refractivity contribution in [3.05, 3.63) is 185 Å². The van der Waals surface area contributed by atoms with Crippen molar-refractivity contribution < 1.29 is 0 Å². The fraction of sp³-hybridized carbons (Fsp3) is 0.0889. The van der Waals surface area contributed by atoms with Gasteiger partial charge in [0.1, 0.15) is 0 Å². The van der Waals surface area contributed by atoms with Crippen LogP contribution in [0.15, 0.2) is 169 Å². The van der Waals surface area contributed by atoms with E-state index in [2.05, 4.69) is 173 Å². The lowest BCUT2D eigenvalue weighted by Crippen LogP contribution is -2.29. The molecular formula is C45H31N3S. The molecule has 4 heteroatoms. The second-order valence-electron chi connectivity index (χ2n) is 13.4. The molecule has 49 heavy (non-hydrogen) atoms. The van der Waals surface area contributed by atoms with Gasteiger partial charge in [0.05, 0.1) is 34.5 Å². The summed E-state index contributed by atoms with van der Waals surface area (Å²) in [6, 6.07) is 42.7. The second-order valence-corrected chi connectivity index (χ2v) is 14.5. The Labute approximate surface area is 288 Å². The summed E-state index contributed by atoms with van der Waals surface area (Å²) in [5, 5.41) is 3.85. The van der Waals surface area contributed by atoms with E-state index in [1.165, 1.54) is 70.5 Å². The van der Waals surface area contributed by atoms with Crippen LogP contribution >= 0.6 is 11.3 Å². The fourth-order valence-corrected chi connectivity index (χ4v) is 10.1. The van der Waals surface area contributed by atoms with Crippen molar-refractivity contribution in [2.24, 2.45) is 4.99 Å². The zero-order chi connectivity index (χ0) is 32.1. The molecule has 11 rings (SSSR count). The Balaban J connectivity index is 1.16. The number of fused-ring (bicyclic) bond motifs is 12. The number of anilines is 2. The molecule has 2 aliphatic heterocycles. The molecule has 3 nitrogen and oxygen atoms in total. The maximum atomic E-state index is 5.50. The zero-order valence-electron chi connectivity index (χ0n) is 26.6. The number of aromatic nitrogens is 1. The van der Waals surface area contributed by atoms with Crippen LogP contribution in [0.25, 0.3) is 37.6 Å². The highest BCUT2D eigenvalue weighted by atomic mass is 32.1. The minimum atomic E-state index is 0.105. The Kier molecular flexibility index (Phi) is 5.78. The highest BCUT2D eigenvalue weighted by molar-refractivity contribution is 7.19.